The number of rotatable bonds is 5. The van der Waals surface area contributed by atoms with E-state index in [1.807, 2.05) is 6.92 Å². The zero-order valence-corrected chi connectivity index (χ0v) is 12.2. The molecule has 0 aliphatic carbocycles. The van der Waals surface area contributed by atoms with Crippen LogP contribution in [0, 0.1) is 5.82 Å². The fraction of sp³-hybridized carbons (Fsp3) is 0.462. The van der Waals surface area contributed by atoms with Crippen LogP contribution in [-0.2, 0) is 11.3 Å². The third-order valence-corrected chi connectivity index (χ3v) is 3.37. The summed E-state index contributed by atoms with van der Waals surface area (Å²) >= 11 is 3.08. The van der Waals surface area contributed by atoms with Crippen LogP contribution in [0.25, 0.3) is 0 Å². The van der Waals surface area contributed by atoms with Gasteiger partial charge in [0.05, 0.1) is 10.0 Å². The summed E-state index contributed by atoms with van der Waals surface area (Å²) in [4.78, 5) is 11.8. The Morgan fingerprint density at radius 3 is 2.78 bits per heavy atom. The molecule has 1 amide bonds. The normalized spacial score (nSPS) is 14.1. The number of nitrogens with two attached hydrogens (primary N) is 1. The lowest BCUT2D eigenvalue weighted by Crippen LogP contribution is -2.51. The van der Waals surface area contributed by atoms with Crippen LogP contribution in [0.15, 0.2) is 22.7 Å². The Labute approximate surface area is 115 Å². The average molecular weight is 317 g/mol. The van der Waals surface area contributed by atoms with Gasteiger partial charge in [-0.15, -0.1) is 0 Å². The van der Waals surface area contributed by atoms with E-state index < -0.39 is 5.54 Å². The quantitative estimate of drug-likeness (QED) is 0.877. The van der Waals surface area contributed by atoms with Gasteiger partial charge >= 0.3 is 0 Å². The number of benzene rings is 1. The highest BCUT2D eigenvalue weighted by Crippen LogP contribution is 2.16. The molecule has 0 aromatic heterocycles. The van der Waals surface area contributed by atoms with E-state index in [1.165, 1.54) is 6.07 Å². The van der Waals surface area contributed by atoms with E-state index in [1.54, 1.807) is 19.1 Å². The van der Waals surface area contributed by atoms with Crippen molar-refractivity contribution in [2.45, 2.75) is 38.8 Å². The summed E-state index contributed by atoms with van der Waals surface area (Å²) in [5.41, 5.74) is 5.73. The number of halogens is 2. The van der Waals surface area contributed by atoms with Gasteiger partial charge in [0.25, 0.3) is 0 Å². The SMILES string of the molecule is CCCC(C)(N)C(=O)NCc1ccc(Br)c(F)c1. The molecule has 0 fully saturated rings. The predicted molar refractivity (Wildman–Crippen MR) is 73.4 cm³/mol. The van der Waals surface area contributed by atoms with Gasteiger partial charge in [0.2, 0.25) is 5.91 Å². The number of amides is 1. The van der Waals surface area contributed by atoms with Gasteiger partial charge in [-0.1, -0.05) is 19.4 Å². The lowest BCUT2D eigenvalue weighted by Gasteiger charge is -2.22. The van der Waals surface area contributed by atoms with Gasteiger partial charge in [0, 0.05) is 6.54 Å². The molecule has 1 aromatic rings. The van der Waals surface area contributed by atoms with Crippen LogP contribution in [0.5, 0.6) is 0 Å². The molecule has 0 saturated carbocycles. The van der Waals surface area contributed by atoms with Crippen LogP contribution in [0.3, 0.4) is 0 Å². The minimum Gasteiger partial charge on any atom is -0.350 e. The van der Waals surface area contributed by atoms with E-state index in [4.69, 9.17) is 5.73 Å². The first-order valence-electron chi connectivity index (χ1n) is 5.88. The Hall–Kier alpha value is -0.940. The summed E-state index contributed by atoms with van der Waals surface area (Å²) in [5.74, 6) is -0.557. The standard InChI is InChI=1S/C13H18BrFN2O/c1-3-6-13(2,16)12(18)17-8-9-4-5-10(14)11(15)7-9/h4-5,7H,3,6,8,16H2,1-2H3,(H,17,18). The number of hydrogen-bond donors (Lipinski definition) is 2. The third kappa shape index (κ3) is 4.07. The summed E-state index contributed by atoms with van der Waals surface area (Å²) in [6, 6.07) is 4.75. The molecule has 1 atom stereocenters. The lowest BCUT2D eigenvalue weighted by atomic mass is 9.96. The zero-order valence-electron chi connectivity index (χ0n) is 10.6. The van der Waals surface area contributed by atoms with E-state index in [2.05, 4.69) is 21.2 Å². The second-order valence-electron chi connectivity index (χ2n) is 4.60. The molecule has 3 N–H and O–H groups in total. The van der Waals surface area contributed by atoms with Gasteiger partial charge < -0.3 is 11.1 Å². The molecule has 100 valence electrons. The second-order valence-corrected chi connectivity index (χ2v) is 5.45. The van der Waals surface area contributed by atoms with E-state index in [-0.39, 0.29) is 18.3 Å². The Balaban J connectivity index is 2.60. The highest BCUT2D eigenvalue weighted by Gasteiger charge is 2.26. The Morgan fingerprint density at radius 2 is 2.22 bits per heavy atom. The molecule has 0 radical (unpaired) electrons. The van der Waals surface area contributed by atoms with Gasteiger partial charge in [-0.05, 0) is 47.0 Å². The summed E-state index contributed by atoms with van der Waals surface area (Å²) in [5, 5.41) is 2.72. The topological polar surface area (TPSA) is 55.1 Å². The molecule has 0 aliphatic heterocycles. The van der Waals surface area contributed by atoms with Crippen LogP contribution < -0.4 is 11.1 Å². The van der Waals surface area contributed by atoms with Gasteiger partial charge in [-0.3, -0.25) is 4.79 Å². The van der Waals surface area contributed by atoms with Crippen LogP contribution in [0.1, 0.15) is 32.3 Å². The minimum atomic E-state index is -0.872. The monoisotopic (exact) mass is 316 g/mol. The summed E-state index contributed by atoms with van der Waals surface area (Å²) in [7, 11) is 0. The Morgan fingerprint density at radius 1 is 1.56 bits per heavy atom. The molecule has 5 heteroatoms. The largest absolute Gasteiger partial charge is 0.350 e. The van der Waals surface area contributed by atoms with Crippen molar-refractivity contribution in [3.63, 3.8) is 0 Å². The first kappa shape index (κ1) is 15.1. The highest BCUT2D eigenvalue weighted by atomic mass is 79.9. The number of nitrogens with one attached hydrogen (secondary N) is 1. The first-order valence-corrected chi connectivity index (χ1v) is 6.67. The molecule has 18 heavy (non-hydrogen) atoms. The molecule has 0 heterocycles. The van der Waals surface area contributed by atoms with E-state index >= 15 is 0 Å². The van der Waals surface area contributed by atoms with Crippen LogP contribution in [-0.4, -0.2) is 11.4 Å². The van der Waals surface area contributed by atoms with Gasteiger partial charge in [0.1, 0.15) is 5.82 Å². The Kier molecular flexibility index (Phi) is 5.28. The molecule has 0 bridgehead atoms. The number of carbonyl (C=O) groups excluding carboxylic acids is 1. The molecule has 3 nitrogen and oxygen atoms in total. The number of carbonyl (C=O) groups is 1. The molecule has 0 saturated heterocycles. The summed E-state index contributed by atoms with van der Waals surface area (Å²) in [6.07, 6.45) is 1.46. The smallest absolute Gasteiger partial charge is 0.240 e. The van der Waals surface area contributed by atoms with Crippen molar-refractivity contribution in [1.82, 2.24) is 5.32 Å². The molecular formula is C13H18BrFN2O. The van der Waals surface area contributed by atoms with Gasteiger partial charge in [0.15, 0.2) is 0 Å². The van der Waals surface area contributed by atoms with Crippen molar-refractivity contribution in [3.05, 3.63) is 34.1 Å². The van der Waals surface area contributed by atoms with E-state index in [0.717, 1.165) is 6.42 Å². The molecule has 0 aliphatic rings. The first-order chi connectivity index (χ1) is 8.36. The van der Waals surface area contributed by atoms with Crippen molar-refractivity contribution >= 4 is 21.8 Å². The summed E-state index contributed by atoms with van der Waals surface area (Å²) in [6.45, 7) is 3.95. The van der Waals surface area contributed by atoms with Crippen molar-refractivity contribution < 1.29 is 9.18 Å². The fourth-order valence-corrected chi connectivity index (χ4v) is 1.91. The maximum Gasteiger partial charge on any atom is 0.240 e. The van der Waals surface area contributed by atoms with Crippen molar-refractivity contribution in [1.29, 1.82) is 0 Å². The van der Waals surface area contributed by atoms with Gasteiger partial charge in [-0.2, -0.15) is 0 Å². The maximum atomic E-state index is 13.3. The average Bonchev–Trinajstić information content (AvgIpc) is 2.30. The van der Waals surface area contributed by atoms with Crippen molar-refractivity contribution in [2.24, 2.45) is 5.73 Å². The van der Waals surface area contributed by atoms with Crippen LogP contribution in [0.2, 0.25) is 0 Å². The highest BCUT2D eigenvalue weighted by molar-refractivity contribution is 9.10. The van der Waals surface area contributed by atoms with Crippen molar-refractivity contribution in [2.75, 3.05) is 0 Å². The van der Waals surface area contributed by atoms with Crippen molar-refractivity contribution in [3.8, 4) is 0 Å². The van der Waals surface area contributed by atoms with Crippen LogP contribution >= 0.6 is 15.9 Å². The zero-order chi connectivity index (χ0) is 13.8. The minimum absolute atomic E-state index is 0.215. The molecule has 1 rings (SSSR count). The van der Waals surface area contributed by atoms with Crippen LogP contribution in [0.4, 0.5) is 4.39 Å². The Bertz CT molecular complexity index is 435. The molecule has 0 spiro atoms. The molecule has 1 aromatic carbocycles. The van der Waals surface area contributed by atoms with Gasteiger partial charge in [-0.25, -0.2) is 4.39 Å². The lowest BCUT2D eigenvalue weighted by molar-refractivity contribution is -0.126. The second kappa shape index (κ2) is 6.29. The maximum absolute atomic E-state index is 13.3. The molecular weight excluding hydrogens is 299 g/mol. The predicted octanol–water partition coefficient (Wildman–Crippen LogP) is 2.72. The summed E-state index contributed by atoms with van der Waals surface area (Å²) < 4.78 is 13.7. The van der Waals surface area contributed by atoms with E-state index in [9.17, 15) is 9.18 Å². The third-order valence-electron chi connectivity index (χ3n) is 2.73. The number of hydrogen-bond acceptors (Lipinski definition) is 2. The molecule has 1 unspecified atom stereocenters. The van der Waals surface area contributed by atoms with E-state index in [0.29, 0.717) is 16.5 Å². The fourth-order valence-electron chi connectivity index (χ4n) is 1.67.